The van der Waals surface area contributed by atoms with Crippen LogP contribution in [-0.2, 0) is 10.0 Å². The fourth-order valence-electron chi connectivity index (χ4n) is 2.53. The van der Waals surface area contributed by atoms with Gasteiger partial charge in [0.05, 0.1) is 12.8 Å². The third kappa shape index (κ3) is 3.89. The summed E-state index contributed by atoms with van der Waals surface area (Å²) < 4.78 is 45.5. The molecule has 0 spiro atoms. The topological polar surface area (TPSA) is 76.4 Å². The van der Waals surface area contributed by atoms with Gasteiger partial charge in [-0.15, -0.1) is 0 Å². The van der Waals surface area contributed by atoms with E-state index >= 15 is 0 Å². The number of sulfonamides is 1. The fraction of sp³-hybridized carbons (Fsp3) is 0.105. The average molecular weight is 373 g/mol. The number of carbonyl (C=O) groups is 1. The van der Waals surface area contributed by atoms with Crippen LogP contribution >= 0.6 is 0 Å². The number of aryl methyl sites for hydroxylation is 1. The highest BCUT2D eigenvalue weighted by molar-refractivity contribution is 7.89. The number of benzene rings is 2. The molecule has 134 valence electrons. The van der Waals surface area contributed by atoms with Gasteiger partial charge in [0.25, 0.3) is 0 Å². The third-order valence-corrected chi connectivity index (χ3v) is 5.19. The van der Waals surface area contributed by atoms with Crippen molar-refractivity contribution in [3.63, 3.8) is 0 Å². The summed E-state index contributed by atoms with van der Waals surface area (Å²) in [6.45, 7) is 1.35. The molecule has 1 N–H and O–H groups in total. The Kier molecular flexibility index (Phi) is 5.01. The maximum Gasteiger partial charge on any atom is 0.243 e. The molecule has 0 saturated carbocycles. The van der Waals surface area contributed by atoms with Gasteiger partial charge in [0.2, 0.25) is 10.0 Å². The van der Waals surface area contributed by atoms with Gasteiger partial charge in [0.1, 0.15) is 16.5 Å². The van der Waals surface area contributed by atoms with Crippen LogP contribution in [0.3, 0.4) is 0 Å². The molecule has 0 fully saturated rings. The van der Waals surface area contributed by atoms with Crippen LogP contribution in [0.15, 0.2) is 70.2 Å². The van der Waals surface area contributed by atoms with Crippen molar-refractivity contribution in [3.8, 4) is 11.3 Å². The molecule has 1 aromatic heterocycles. The van der Waals surface area contributed by atoms with E-state index in [0.717, 1.165) is 23.3 Å². The summed E-state index contributed by atoms with van der Waals surface area (Å²) in [5.41, 5.74) is 1.89. The molecule has 0 unspecified atom stereocenters. The van der Waals surface area contributed by atoms with E-state index in [4.69, 9.17) is 4.42 Å². The van der Waals surface area contributed by atoms with Crippen molar-refractivity contribution in [2.75, 3.05) is 6.54 Å². The second kappa shape index (κ2) is 7.23. The summed E-state index contributed by atoms with van der Waals surface area (Å²) in [6.07, 6.45) is 1.53. The van der Waals surface area contributed by atoms with Crippen LogP contribution in [-0.4, -0.2) is 20.7 Å². The zero-order chi connectivity index (χ0) is 18.7. The van der Waals surface area contributed by atoms with Gasteiger partial charge >= 0.3 is 0 Å². The van der Waals surface area contributed by atoms with Gasteiger partial charge in [-0.2, -0.15) is 0 Å². The predicted octanol–water partition coefficient (Wildman–Crippen LogP) is 3.56. The van der Waals surface area contributed by atoms with Crippen LogP contribution < -0.4 is 4.72 Å². The van der Waals surface area contributed by atoms with E-state index in [2.05, 4.69) is 4.72 Å². The van der Waals surface area contributed by atoms with Gasteiger partial charge in [-0.25, -0.2) is 17.5 Å². The first kappa shape index (κ1) is 18.0. The van der Waals surface area contributed by atoms with E-state index in [1.807, 2.05) is 13.0 Å². The zero-order valence-corrected chi connectivity index (χ0v) is 14.7. The number of carbonyl (C=O) groups excluding carboxylic acids is 1. The number of hydrogen-bond donors (Lipinski definition) is 1. The molecule has 0 radical (unpaired) electrons. The monoisotopic (exact) mass is 373 g/mol. The number of rotatable bonds is 6. The molecule has 0 aliphatic rings. The fourth-order valence-corrected chi connectivity index (χ4v) is 3.59. The van der Waals surface area contributed by atoms with Crippen LogP contribution in [0.2, 0.25) is 0 Å². The molecule has 3 rings (SSSR count). The Morgan fingerprint density at radius 1 is 1.12 bits per heavy atom. The van der Waals surface area contributed by atoms with Crippen molar-refractivity contribution in [2.24, 2.45) is 0 Å². The summed E-state index contributed by atoms with van der Waals surface area (Å²) >= 11 is 0. The van der Waals surface area contributed by atoms with Crippen LogP contribution in [0, 0.1) is 12.7 Å². The normalized spacial score (nSPS) is 11.5. The maximum atomic E-state index is 13.7. The van der Waals surface area contributed by atoms with Gasteiger partial charge in [-0.05, 0) is 55.0 Å². The largest absolute Gasteiger partial charge is 0.464 e. The van der Waals surface area contributed by atoms with Crippen molar-refractivity contribution in [2.45, 2.75) is 11.8 Å². The summed E-state index contributed by atoms with van der Waals surface area (Å²) in [7, 11) is -4.12. The first-order valence-electron chi connectivity index (χ1n) is 7.80. The highest BCUT2D eigenvalue weighted by Crippen LogP contribution is 2.23. The van der Waals surface area contributed by atoms with Crippen LogP contribution in [0.1, 0.15) is 15.9 Å². The van der Waals surface area contributed by atoms with Crippen LogP contribution in [0.4, 0.5) is 4.39 Å². The lowest BCUT2D eigenvalue weighted by Gasteiger charge is -2.08. The van der Waals surface area contributed by atoms with Crippen molar-refractivity contribution in [3.05, 3.63) is 77.8 Å². The van der Waals surface area contributed by atoms with E-state index in [0.29, 0.717) is 11.3 Å². The highest BCUT2D eigenvalue weighted by Gasteiger charge is 2.20. The maximum absolute atomic E-state index is 13.7. The summed E-state index contributed by atoms with van der Waals surface area (Å²) in [4.78, 5) is 11.9. The minimum absolute atomic E-state index is 0.340. The molecule has 0 atom stereocenters. The van der Waals surface area contributed by atoms with Crippen molar-refractivity contribution in [1.29, 1.82) is 0 Å². The lowest BCUT2D eigenvalue weighted by Crippen LogP contribution is -2.30. The molecular weight excluding hydrogens is 357 g/mol. The smallest absolute Gasteiger partial charge is 0.243 e. The average Bonchev–Trinajstić information content (AvgIpc) is 3.14. The molecule has 0 aliphatic heterocycles. The molecule has 0 saturated heterocycles. The number of halogens is 1. The summed E-state index contributed by atoms with van der Waals surface area (Å²) in [6, 6.07) is 13.6. The number of furan rings is 1. The van der Waals surface area contributed by atoms with E-state index in [1.165, 1.54) is 18.4 Å². The quantitative estimate of drug-likeness (QED) is 0.671. The molecule has 3 aromatic rings. The van der Waals surface area contributed by atoms with Crippen molar-refractivity contribution in [1.82, 2.24) is 4.72 Å². The minimum Gasteiger partial charge on any atom is -0.464 e. The number of ketones is 1. The predicted molar refractivity (Wildman–Crippen MR) is 94.8 cm³/mol. The molecule has 0 bridgehead atoms. The minimum atomic E-state index is -4.12. The Hall–Kier alpha value is -2.77. The van der Waals surface area contributed by atoms with Gasteiger partial charge in [-0.3, -0.25) is 4.79 Å². The number of Topliss-reactive ketones (excluding diaryl/α,β-unsaturated/α-hetero) is 1. The Labute approximate surface area is 150 Å². The second-order valence-corrected chi connectivity index (χ2v) is 7.48. The lowest BCUT2D eigenvalue weighted by molar-refractivity contribution is 0.0997. The molecule has 7 heteroatoms. The standard InChI is InChI=1S/C19H16FNO4S/c1-13-9-14(11-15(10-13)18-6-4-8-25-18)17(22)12-21-26(23,24)19-7-3-2-5-16(19)20/h2-11,21H,12H2,1H3. The van der Waals surface area contributed by atoms with Crippen LogP contribution in [0.5, 0.6) is 0 Å². The SMILES string of the molecule is Cc1cc(C(=O)CNS(=O)(=O)c2ccccc2F)cc(-c2ccco2)c1. The van der Waals surface area contributed by atoms with Gasteiger partial charge in [-0.1, -0.05) is 12.1 Å². The van der Waals surface area contributed by atoms with Gasteiger partial charge < -0.3 is 4.42 Å². The number of hydrogen-bond acceptors (Lipinski definition) is 4. The zero-order valence-electron chi connectivity index (χ0n) is 13.9. The molecule has 0 amide bonds. The Morgan fingerprint density at radius 2 is 1.88 bits per heavy atom. The molecule has 0 aliphatic carbocycles. The molecule has 26 heavy (non-hydrogen) atoms. The van der Waals surface area contributed by atoms with E-state index in [1.54, 1.807) is 24.3 Å². The van der Waals surface area contributed by atoms with E-state index in [-0.39, 0.29) is 0 Å². The third-order valence-electron chi connectivity index (χ3n) is 3.75. The first-order chi connectivity index (χ1) is 12.4. The first-order valence-corrected chi connectivity index (χ1v) is 9.28. The molecular formula is C19H16FNO4S. The van der Waals surface area contributed by atoms with Crippen LogP contribution in [0.25, 0.3) is 11.3 Å². The Morgan fingerprint density at radius 3 is 2.58 bits per heavy atom. The Bertz CT molecular complexity index is 1040. The molecule has 2 aromatic carbocycles. The Balaban J connectivity index is 1.80. The van der Waals surface area contributed by atoms with E-state index in [9.17, 15) is 17.6 Å². The van der Waals surface area contributed by atoms with Gasteiger partial charge in [0.15, 0.2) is 5.78 Å². The summed E-state index contributed by atoms with van der Waals surface area (Å²) in [5, 5.41) is 0. The highest BCUT2D eigenvalue weighted by atomic mass is 32.2. The van der Waals surface area contributed by atoms with Gasteiger partial charge in [0, 0.05) is 11.1 Å². The van der Waals surface area contributed by atoms with E-state index < -0.39 is 33.1 Å². The summed E-state index contributed by atoms with van der Waals surface area (Å²) in [5.74, 6) is -0.695. The molecule has 1 heterocycles. The van der Waals surface area contributed by atoms with Crippen molar-refractivity contribution >= 4 is 15.8 Å². The number of nitrogens with one attached hydrogen (secondary N) is 1. The second-order valence-electron chi connectivity index (χ2n) is 5.74. The molecule has 5 nitrogen and oxygen atoms in total. The van der Waals surface area contributed by atoms with Crippen molar-refractivity contribution < 1.29 is 22.0 Å². The lowest BCUT2D eigenvalue weighted by atomic mass is 10.0.